The fourth-order valence-electron chi connectivity index (χ4n) is 4.08. The minimum atomic E-state index is -0.944. The van der Waals surface area contributed by atoms with E-state index in [1.54, 1.807) is 72.0 Å². The van der Waals surface area contributed by atoms with Crippen LogP contribution in [0.5, 0.6) is 0 Å². The molecule has 39 heavy (non-hydrogen) atoms. The lowest BCUT2D eigenvalue weighted by atomic mass is 9.94. The summed E-state index contributed by atoms with van der Waals surface area (Å²) < 4.78 is 17.2. The number of guanidine groups is 1. The molecule has 1 aliphatic carbocycles. The predicted molar refractivity (Wildman–Crippen MR) is 153 cm³/mol. The third kappa shape index (κ3) is 11.7. The van der Waals surface area contributed by atoms with Gasteiger partial charge in [0.25, 0.3) is 0 Å². The second kappa shape index (κ2) is 14.3. The topological polar surface area (TPSA) is 144 Å². The summed E-state index contributed by atoms with van der Waals surface area (Å²) in [6.07, 6.45) is 0.423. The van der Waals surface area contributed by atoms with Crippen LogP contribution in [-0.2, 0) is 23.8 Å². The van der Waals surface area contributed by atoms with Crippen molar-refractivity contribution in [2.45, 2.75) is 97.9 Å². The first-order chi connectivity index (χ1) is 18.1. The van der Waals surface area contributed by atoms with E-state index in [2.05, 4.69) is 20.9 Å². The lowest BCUT2D eigenvalue weighted by Gasteiger charge is -2.29. The summed E-state index contributed by atoms with van der Waals surface area (Å²) in [6, 6.07) is -1.42. The van der Waals surface area contributed by atoms with Gasteiger partial charge in [0.1, 0.15) is 17.2 Å². The van der Waals surface area contributed by atoms with Crippen LogP contribution in [0.4, 0.5) is 9.59 Å². The molecule has 2 aliphatic rings. The van der Waals surface area contributed by atoms with Crippen LogP contribution in [0.2, 0.25) is 0 Å². The molecule has 0 radical (unpaired) electrons. The van der Waals surface area contributed by atoms with Crippen molar-refractivity contribution in [1.29, 1.82) is 0 Å². The summed E-state index contributed by atoms with van der Waals surface area (Å²) in [5, 5.41) is 8.40. The van der Waals surface area contributed by atoms with Gasteiger partial charge in [-0.05, 0) is 84.8 Å². The average Bonchev–Trinajstić information content (AvgIpc) is 3.18. The summed E-state index contributed by atoms with van der Waals surface area (Å²) in [4.78, 5) is 54.2. The van der Waals surface area contributed by atoms with E-state index >= 15 is 0 Å². The van der Waals surface area contributed by atoms with Gasteiger partial charge in [-0.1, -0.05) is 0 Å². The first-order valence-electron chi connectivity index (χ1n) is 13.1. The maximum absolute atomic E-state index is 13.0. The maximum atomic E-state index is 13.0. The van der Waals surface area contributed by atoms with Crippen molar-refractivity contribution in [3.05, 3.63) is 9.81 Å². The molecule has 1 saturated carbocycles. The first kappa shape index (κ1) is 32.8. The van der Waals surface area contributed by atoms with Gasteiger partial charge in [0, 0.05) is 23.1 Å². The van der Waals surface area contributed by atoms with E-state index in [4.69, 9.17) is 14.2 Å². The van der Waals surface area contributed by atoms with Crippen molar-refractivity contribution in [2.24, 2.45) is 10.9 Å². The number of amides is 3. The summed E-state index contributed by atoms with van der Waals surface area (Å²) in [5.41, 5.74) is -0.452. The van der Waals surface area contributed by atoms with E-state index in [9.17, 15) is 19.2 Å². The lowest BCUT2D eigenvalue weighted by molar-refractivity contribution is -0.149. The molecule has 0 aromatic rings. The van der Waals surface area contributed by atoms with E-state index in [0.29, 0.717) is 12.8 Å². The third-order valence-corrected chi connectivity index (χ3v) is 8.17. The smallest absolute Gasteiger partial charge is 0.437 e. The maximum Gasteiger partial charge on any atom is 0.437 e. The summed E-state index contributed by atoms with van der Waals surface area (Å²) in [7, 11) is 0. The van der Waals surface area contributed by atoms with Gasteiger partial charge in [0.2, 0.25) is 11.9 Å². The van der Waals surface area contributed by atoms with Gasteiger partial charge in [-0.15, -0.1) is 28.5 Å². The number of nitrogens with one attached hydrogen (secondary N) is 3. The van der Waals surface area contributed by atoms with Crippen LogP contribution in [0, 0.1) is 5.92 Å². The number of rotatable bonds is 5. The Kier molecular flexibility index (Phi) is 12.0. The van der Waals surface area contributed by atoms with Crippen molar-refractivity contribution in [2.75, 3.05) is 18.1 Å². The fraction of sp³-hybridized carbons (Fsp3) is 0.731. The molecule has 0 aromatic heterocycles. The highest BCUT2D eigenvalue weighted by Gasteiger charge is 2.43. The summed E-state index contributed by atoms with van der Waals surface area (Å²) in [5.74, 6) is 0.478. The predicted octanol–water partition coefficient (Wildman–Crippen LogP) is 4.32. The monoisotopic (exact) mass is 586 g/mol. The molecule has 1 heterocycles. The number of hydrogen-bond acceptors (Lipinski definition) is 9. The van der Waals surface area contributed by atoms with Gasteiger partial charge in [0.15, 0.2) is 0 Å². The lowest BCUT2D eigenvalue weighted by Crippen LogP contribution is -2.54. The van der Waals surface area contributed by atoms with Crippen molar-refractivity contribution >= 4 is 53.5 Å². The Morgan fingerprint density at radius 1 is 1.00 bits per heavy atom. The second-order valence-electron chi connectivity index (χ2n) is 11.3. The number of thioether (sulfide) groups is 2. The molecule has 11 nitrogen and oxygen atoms in total. The average molecular weight is 587 g/mol. The second-order valence-corrected chi connectivity index (χ2v) is 13.7. The van der Waals surface area contributed by atoms with Gasteiger partial charge in [0.05, 0.1) is 6.61 Å². The molecule has 0 spiro atoms. The van der Waals surface area contributed by atoms with Gasteiger partial charge >= 0.3 is 18.2 Å². The summed E-state index contributed by atoms with van der Waals surface area (Å²) >= 11 is 3.56. The third-order valence-electron chi connectivity index (χ3n) is 5.37. The van der Waals surface area contributed by atoms with E-state index < -0.39 is 47.4 Å². The number of ether oxygens (including phenoxy) is 3. The quantitative estimate of drug-likeness (QED) is 0.184. The van der Waals surface area contributed by atoms with Crippen LogP contribution in [-0.4, -0.2) is 71.4 Å². The van der Waals surface area contributed by atoms with Crippen LogP contribution >= 0.6 is 23.5 Å². The largest absolute Gasteiger partial charge is 0.464 e. The van der Waals surface area contributed by atoms with E-state index in [1.807, 2.05) is 0 Å². The van der Waals surface area contributed by atoms with Crippen LogP contribution in [0.1, 0.15) is 74.7 Å². The van der Waals surface area contributed by atoms with E-state index in [1.165, 1.54) is 11.2 Å². The zero-order chi connectivity index (χ0) is 29.4. The molecular formula is C26H42N4O7S2. The van der Waals surface area contributed by atoms with Crippen LogP contribution < -0.4 is 16.0 Å². The molecule has 3 N–H and O–H groups in total. The molecule has 3 atom stereocenters. The van der Waals surface area contributed by atoms with Crippen molar-refractivity contribution < 1.29 is 33.4 Å². The van der Waals surface area contributed by atoms with Crippen molar-refractivity contribution in [3.63, 3.8) is 0 Å². The van der Waals surface area contributed by atoms with E-state index in [0.717, 1.165) is 23.5 Å². The number of aliphatic imine (C=N–C) groups is 1. The molecule has 13 heteroatoms. The van der Waals surface area contributed by atoms with Crippen molar-refractivity contribution in [3.8, 4) is 0 Å². The highest BCUT2D eigenvalue weighted by molar-refractivity contribution is 8.22. The zero-order valence-corrected chi connectivity index (χ0v) is 25.7. The number of carbonyl (C=O) groups excluding carboxylic acids is 4. The highest BCUT2D eigenvalue weighted by Crippen LogP contribution is 2.45. The molecule has 220 valence electrons. The number of alkyl carbamates (subject to hydrolysis) is 1. The molecule has 3 amide bonds. The van der Waals surface area contributed by atoms with Gasteiger partial charge in [-0.3, -0.25) is 10.1 Å². The molecule has 1 aliphatic heterocycles. The minimum absolute atomic E-state index is 0.158. The number of esters is 1. The molecule has 2 rings (SSSR count). The first-order valence-corrected chi connectivity index (χ1v) is 15.0. The molecule has 0 bridgehead atoms. The number of hydrogen-bond donors (Lipinski definition) is 3. The Morgan fingerprint density at radius 2 is 1.62 bits per heavy atom. The number of carbonyl (C=O) groups is 4. The normalized spacial score (nSPS) is 21.1. The molecule has 0 aromatic carbocycles. The fourth-order valence-corrected chi connectivity index (χ4v) is 6.78. The van der Waals surface area contributed by atoms with Gasteiger partial charge in [-0.25, -0.2) is 14.4 Å². The van der Waals surface area contributed by atoms with Crippen LogP contribution in [0.15, 0.2) is 14.8 Å². The molecule has 2 fully saturated rings. The summed E-state index contributed by atoms with van der Waals surface area (Å²) in [6.45, 7) is 13.5. The van der Waals surface area contributed by atoms with Gasteiger partial charge in [-0.2, -0.15) is 0 Å². The Morgan fingerprint density at radius 3 is 2.15 bits per heavy atom. The van der Waals surface area contributed by atoms with Crippen LogP contribution in [0.25, 0.3) is 0 Å². The Labute approximate surface area is 239 Å². The molecule has 1 saturated heterocycles. The zero-order valence-electron chi connectivity index (χ0n) is 24.1. The number of nitrogens with zero attached hydrogens (tertiary/aromatic N) is 1. The Hall–Kier alpha value is -2.41. The SMILES string of the molecule is CCOC(=O)C(NC(C)=O)[C@@H]1CC(=C2SCCCS2)C[C@@H]1NC(=NC(=O)OC(C)(C)C)NC(=O)OC(C)(C)C. The highest BCUT2D eigenvalue weighted by atomic mass is 32.2. The van der Waals surface area contributed by atoms with Crippen LogP contribution in [0.3, 0.4) is 0 Å². The molecular weight excluding hydrogens is 544 g/mol. The Bertz CT molecular complexity index is 978. The molecule has 1 unspecified atom stereocenters. The standard InChI is InChI=1S/C26H42N4O7S2/c1-9-35-20(32)19(27-15(2)31)17-13-16(21-38-11-10-12-39-21)14-18(17)28-22(29-23(33)36-25(3,4)5)30-24(34)37-26(6,7)8/h17-19H,9-14H2,1-8H3,(H,27,31)(H2,28,29,30,33,34)/t17-,18+,19?/m1/s1. The minimum Gasteiger partial charge on any atom is -0.464 e. The van der Waals surface area contributed by atoms with Gasteiger partial charge < -0.3 is 24.8 Å². The Balaban J connectivity index is 2.45. The van der Waals surface area contributed by atoms with Crippen molar-refractivity contribution in [1.82, 2.24) is 16.0 Å². The van der Waals surface area contributed by atoms with E-state index in [-0.39, 0.29) is 18.5 Å².